The average Bonchev–Trinajstić information content (AvgIpc) is 2.35. The van der Waals surface area contributed by atoms with Crippen molar-refractivity contribution < 1.29 is 14.4 Å². The highest BCUT2D eigenvalue weighted by atomic mass is 16.2. The Kier molecular flexibility index (Phi) is 5.05. The van der Waals surface area contributed by atoms with E-state index in [1.165, 1.54) is 6.92 Å². The summed E-state index contributed by atoms with van der Waals surface area (Å²) in [6.07, 6.45) is -0.114. The molecule has 1 aromatic rings. The zero-order valence-corrected chi connectivity index (χ0v) is 10.2. The van der Waals surface area contributed by atoms with Gasteiger partial charge in [0.2, 0.25) is 11.7 Å². The Morgan fingerprint density at radius 2 is 1.83 bits per heavy atom. The fraction of sp³-hybridized carbons (Fsp3) is 0.308. The molecule has 0 saturated heterocycles. The van der Waals surface area contributed by atoms with Crippen LogP contribution in [0, 0.1) is 5.92 Å². The lowest BCUT2D eigenvalue weighted by atomic mass is 10.0. The molecule has 0 aliphatic carbocycles. The van der Waals surface area contributed by atoms with E-state index >= 15 is 0 Å². The van der Waals surface area contributed by atoms with Gasteiger partial charge in [0.25, 0.3) is 5.91 Å². The number of Topliss-reactive ketones (excluding diaryl/α,β-unsaturated/α-hetero) is 1. The maximum atomic E-state index is 11.6. The molecule has 0 unspecified atom stereocenters. The highest BCUT2D eigenvalue weighted by Crippen LogP contribution is 2.03. The van der Waals surface area contributed by atoms with Crippen LogP contribution in [0.3, 0.4) is 0 Å². The number of hydrogen-bond acceptors (Lipinski definition) is 3. The van der Waals surface area contributed by atoms with Crippen molar-refractivity contribution in [1.82, 2.24) is 5.32 Å². The molecule has 5 nitrogen and oxygen atoms in total. The minimum atomic E-state index is -0.687. The molecule has 18 heavy (non-hydrogen) atoms. The second-order valence-electron chi connectivity index (χ2n) is 4.10. The monoisotopic (exact) mass is 248 g/mol. The zero-order chi connectivity index (χ0) is 13.5. The Balaban J connectivity index is 2.45. The van der Waals surface area contributed by atoms with Gasteiger partial charge < -0.3 is 11.1 Å². The van der Waals surface area contributed by atoms with E-state index in [0.717, 1.165) is 5.56 Å². The lowest BCUT2D eigenvalue weighted by Crippen LogP contribution is -2.35. The Labute approximate surface area is 105 Å². The molecule has 0 aliphatic rings. The van der Waals surface area contributed by atoms with Crippen LogP contribution in [0.15, 0.2) is 30.3 Å². The van der Waals surface area contributed by atoms with Crippen molar-refractivity contribution >= 4 is 17.6 Å². The number of rotatable bonds is 6. The van der Waals surface area contributed by atoms with E-state index in [9.17, 15) is 14.4 Å². The van der Waals surface area contributed by atoms with Crippen LogP contribution in [0.4, 0.5) is 0 Å². The molecule has 0 radical (unpaired) electrons. The van der Waals surface area contributed by atoms with Gasteiger partial charge in [-0.15, -0.1) is 0 Å². The van der Waals surface area contributed by atoms with Crippen molar-refractivity contribution in [3.8, 4) is 0 Å². The van der Waals surface area contributed by atoms with Crippen molar-refractivity contribution in [2.45, 2.75) is 19.9 Å². The van der Waals surface area contributed by atoms with Gasteiger partial charge in [-0.1, -0.05) is 37.3 Å². The summed E-state index contributed by atoms with van der Waals surface area (Å²) in [5.74, 6) is -2.58. The lowest BCUT2D eigenvalue weighted by molar-refractivity contribution is -0.140. The van der Waals surface area contributed by atoms with E-state index in [1.807, 2.05) is 30.3 Å². The average molecular weight is 248 g/mol. The second kappa shape index (κ2) is 6.54. The number of carbonyl (C=O) groups excluding carboxylic acids is 3. The molecule has 0 fully saturated rings. The molecule has 1 rings (SSSR count). The molecule has 0 saturated carbocycles. The molecule has 96 valence electrons. The van der Waals surface area contributed by atoms with Crippen molar-refractivity contribution in [3.05, 3.63) is 35.9 Å². The molecule has 1 aromatic carbocycles. The van der Waals surface area contributed by atoms with Gasteiger partial charge in [-0.25, -0.2) is 0 Å². The first-order valence-electron chi connectivity index (χ1n) is 5.65. The fourth-order valence-electron chi connectivity index (χ4n) is 1.48. The molecular formula is C13H16N2O3. The van der Waals surface area contributed by atoms with Gasteiger partial charge in [-0.05, 0) is 5.56 Å². The summed E-state index contributed by atoms with van der Waals surface area (Å²) >= 11 is 0. The predicted octanol–water partition coefficient (Wildman–Crippen LogP) is 0.383. The van der Waals surface area contributed by atoms with Crippen LogP contribution >= 0.6 is 0 Å². The van der Waals surface area contributed by atoms with E-state index < -0.39 is 23.5 Å². The van der Waals surface area contributed by atoms with Gasteiger partial charge in [-0.3, -0.25) is 14.4 Å². The van der Waals surface area contributed by atoms with Crippen LogP contribution in [0.2, 0.25) is 0 Å². The summed E-state index contributed by atoms with van der Waals surface area (Å²) in [4.78, 5) is 33.8. The highest BCUT2D eigenvalue weighted by Gasteiger charge is 2.22. The Morgan fingerprint density at radius 1 is 1.22 bits per heavy atom. The van der Waals surface area contributed by atoms with Crippen LogP contribution < -0.4 is 11.1 Å². The summed E-state index contributed by atoms with van der Waals surface area (Å²) < 4.78 is 0. The number of nitrogens with one attached hydrogen (secondary N) is 1. The normalized spacial score (nSPS) is 11.6. The first kappa shape index (κ1) is 13.9. The summed E-state index contributed by atoms with van der Waals surface area (Å²) in [5.41, 5.74) is 5.88. The van der Waals surface area contributed by atoms with Gasteiger partial charge >= 0.3 is 0 Å². The molecule has 0 bridgehead atoms. The molecule has 5 heteroatoms. The summed E-state index contributed by atoms with van der Waals surface area (Å²) in [6.45, 7) is 1.80. The van der Waals surface area contributed by atoms with Crippen molar-refractivity contribution in [3.63, 3.8) is 0 Å². The molecule has 2 amide bonds. The summed E-state index contributed by atoms with van der Waals surface area (Å²) in [6, 6.07) is 9.25. The van der Waals surface area contributed by atoms with E-state index in [0.29, 0.717) is 0 Å². The van der Waals surface area contributed by atoms with Crippen LogP contribution in [0.25, 0.3) is 0 Å². The van der Waals surface area contributed by atoms with Crippen LogP contribution in [0.1, 0.15) is 18.9 Å². The minimum absolute atomic E-state index is 0.114. The third-order valence-corrected chi connectivity index (χ3v) is 2.47. The number of primary amides is 1. The number of carbonyl (C=O) groups is 3. The quantitative estimate of drug-likeness (QED) is 0.713. The fourth-order valence-corrected chi connectivity index (χ4v) is 1.48. The third-order valence-electron chi connectivity index (χ3n) is 2.47. The summed E-state index contributed by atoms with van der Waals surface area (Å²) in [7, 11) is 0. The standard InChI is InChI=1S/C13H16N2O3/c1-9(7-11(14)16)12(17)13(18)15-8-10-5-3-2-4-6-10/h2-6,9H,7-8H2,1H3,(H2,14,16)(H,15,18)/t9-/m1/s1. The Hall–Kier alpha value is -2.17. The molecular weight excluding hydrogens is 232 g/mol. The molecule has 0 heterocycles. The van der Waals surface area contributed by atoms with E-state index in [-0.39, 0.29) is 13.0 Å². The van der Waals surface area contributed by atoms with Crippen LogP contribution in [0.5, 0.6) is 0 Å². The number of amides is 2. The number of nitrogens with two attached hydrogens (primary N) is 1. The zero-order valence-electron chi connectivity index (χ0n) is 10.2. The molecule has 1 atom stereocenters. The maximum Gasteiger partial charge on any atom is 0.287 e. The van der Waals surface area contributed by atoms with Gasteiger partial charge in [0.15, 0.2) is 0 Å². The largest absolute Gasteiger partial charge is 0.370 e. The Bertz CT molecular complexity index is 443. The van der Waals surface area contributed by atoms with Gasteiger partial charge in [0, 0.05) is 18.9 Å². The lowest BCUT2D eigenvalue weighted by Gasteiger charge is -2.08. The molecule has 0 spiro atoms. The molecule has 0 aromatic heterocycles. The van der Waals surface area contributed by atoms with Crippen LogP contribution in [-0.4, -0.2) is 17.6 Å². The minimum Gasteiger partial charge on any atom is -0.370 e. The Morgan fingerprint density at radius 3 is 2.39 bits per heavy atom. The van der Waals surface area contributed by atoms with Crippen LogP contribution in [-0.2, 0) is 20.9 Å². The smallest absolute Gasteiger partial charge is 0.287 e. The second-order valence-corrected chi connectivity index (χ2v) is 4.10. The first-order valence-corrected chi connectivity index (χ1v) is 5.65. The molecule has 3 N–H and O–H groups in total. The third kappa shape index (κ3) is 4.37. The molecule has 0 aliphatic heterocycles. The van der Waals surface area contributed by atoms with Crippen molar-refractivity contribution in [2.75, 3.05) is 0 Å². The van der Waals surface area contributed by atoms with Crippen molar-refractivity contribution in [2.24, 2.45) is 11.7 Å². The van der Waals surface area contributed by atoms with E-state index in [2.05, 4.69) is 5.32 Å². The predicted molar refractivity (Wildman–Crippen MR) is 66.3 cm³/mol. The summed E-state index contributed by atoms with van der Waals surface area (Å²) in [5, 5.41) is 2.51. The van der Waals surface area contributed by atoms with Gasteiger partial charge in [0.05, 0.1) is 0 Å². The SMILES string of the molecule is C[C@H](CC(N)=O)C(=O)C(=O)NCc1ccccc1. The number of ketones is 1. The van der Waals surface area contributed by atoms with Gasteiger partial charge in [0.1, 0.15) is 0 Å². The number of hydrogen-bond donors (Lipinski definition) is 2. The highest BCUT2D eigenvalue weighted by molar-refractivity contribution is 6.37. The van der Waals surface area contributed by atoms with E-state index in [1.54, 1.807) is 0 Å². The van der Waals surface area contributed by atoms with Gasteiger partial charge in [-0.2, -0.15) is 0 Å². The maximum absolute atomic E-state index is 11.6. The topological polar surface area (TPSA) is 89.3 Å². The number of benzene rings is 1. The van der Waals surface area contributed by atoms with E-state index in [4.69, 9.17) is 5.73 Å². The first-order chi connectivity index (χ1) is 8.50. The van der Waals surface area contributed by atoms with Crippen molar-refractivity contribution in [1.29, 1.82) is 0 Å².